The summed E-state index contributed by atoms with van der Waals surface area (Å²) in [5.74, 6) is 0. The maximum Gasteiger partial charge on any atom is 0.101 e. The van der Waals surface area contributed by atoms with Crippen LogP contribution < -0.4 is 5.32 Å². The van der Waals surface area contributed by atoms with Crippen molar-refractivity contribution in [2.45, 2.75) is 6.61 Å². The van der Waals surface area contributed by atoms with Crippen LogP contribution in [-0.4, -0.2) is 18.1 Å². The Morgan fingerprint density at radius 2 is 2.25 bits per heavy atom. The molecule has 0 atom stereocenters. The van der Waals surface area contributed by atoms with Gasteiger partial charge in [-0.25, -0.2) is 0 Å². The molecule has 2 aromatic rings. The molecule has 0 saturated heterocycles. The van der Waals surface area contributed by atoms with Crippen molar-refractivity contribution in [2.75, 3.05) is 18.5 Å². The Hall–Kier alpha value is -2.09. The molecule has 4 nitrogen and oxygen atoms in total. The van der Waals surface area contributed by atoms with Gasteiger partial charge in [0.1, 0.15) is 6.07 Å². The molecule has 0 bridgehead atoms. The molecule has 3 rings (SSSR count). The lowest BCUT2D eigenvalue weighted by Crippen LogP contribution is -2.04. The zero-order valence-electron chi connectivity index (χ0n) is 10.7. The lowest BCUT2D eigenvalue weighted by Gasteiger charge is -2.09. The maximum atomic E-state index is 9.03. The van der Waals surface area contributed by atoms with Gasteiger partial charge >= 0.3 is 0 Å². The fourth-order valence-electron chi connectivity index (χ4n) is 2.17. The Kier molecular flexibility index (Phi) is 3.55. The predicted octanol–water partition coefficient (Wildman–Crippen LogP) is 3.22. The second kappa shape index (κ2) is 5.49. The molecule has 2 heterocycles. The number of fused-ring (bicyclic) bond motifs is 1. The third kappa shape index (κ3) is 2.46. The number of ether oxygens (including phenoxy) is 1. The van der Waals surface area contributed by atoms with Crippen molar-refractivity contribution in [3.05, 3.63) is 46.6 Å². The van der Waals surface area contributed by atoms with Crippen molar-refractivity contribution < 1.29 is 4.74 Å². The van der Waals surface area contributed by atoms with E-state index < -0.39 is 0 Å². The van der Waals surface area contributed by atoms with Gasteiger partial charge in [0.15, 0.2) is 0 Å². The minimum atomic E-state index is 0.371. The zero-order valence-corrected chi connectivity index (χ0v) is 11.4. The summed E-state index contributed by atoms with van der Waals surface area (Å²) in [6, 6.07) is 9.80. The Labute approximate surface area is 122 Å². The number of rotatable bonds is 1. The standard InChI is InChI=1S/C15H12ClN3O/c16-13-8-19-15(6-11(13)7-17)10-1-2-14-12(5-10)9-20-4-3-18-14/h1-2,5-6,8,18H,3-4,9H2. The lowest BCUT2D eigenvalue weighted by atomic mass is 10.0. The first-order chi connectivity index (χ1) is 9.78. The number of anilines is 1. The van der Waals surface area contributed by atoms with Crippen molar-refractivity contribution in [3.63, 3.8) is 0 Å². The van der Waals surface area contributed by atoms with Gasteiger partial charge in [0.2, 0.25) is 0 Å². The topological polar surface area (TPSA) is 57.9 Å². The Morgan fingerprint density at radius 1 is 1.35 bits per heavy atom. The van der Waals surface area contributed by atoms with Crippen molar-refractivity contribution in [3.8, 4) is 17.3 Å². The fraction of sp³-hybridized carbons (Fsp3) is 0.200. The third-order valence-corrected chi connectivity index (χ3v) is 3.50. The highest BCUT2D eigenvalue weighted by atomic mass is 35.5. The first-order valence-electron chi connectivity index (χ1n) is 6.28. The van der Waals surface area contributed by atoms with E-state index in [1.54, 1.807) is 6.07 Å². The molecule has 0 spiro atoms. The van der Waals surface area contributed by atoms with Gasteiger partial charge in [-0.3, -0.25) is 4.98 Å². The number of nitrogens with zero attached hydrogens (tertiary/aromatic N) is 2. The Morgan fingerprint density at radius 3 is 3.10 bits per heavy atom. The molecule has 1 aliphatic heterocycles. The summed E-state index contributed by atoms with van der Waals surface area (Å²) in [5.41, 5.74) is 4.29. The molecule has 0 unspecified atom stereocenters. The van der Waals surface area contributed by atoms with E-state index in [2.05, 4.69) is 16.4 Å². The Bertz CT molecular complexity index is 694. The summed E-state index contributed by atoms with van der Waals surface area (Å²) in [5, 5.41) is 12.7. The number of hydrogen-bond acceptors (Lipinski definition) is 4. The summed E-state index contributed by atoms with van der Waals surface area (Å²) in [6.45, 7) is 2.08. The van der Waals surface area contributed by atoms with E-state index in [4.69, 9.17) is 21.6 Å². The summed E-state index contributed by atoms with van der Waals surface area (Å²) < 4.78 is 5.52. The van der Waals surface area contributed by atoms with Gasteiger partial charge in [0.05, 0.1) is 29.5 Å². The quantitative estimate of drug-likeness (QED) is 0.874. The maximum absolute atomic E-state index is 9.03. The van der Waals surface area contributed by atoms with E-state index in [0.717, 1.165) is 29.1 Å². The van der Waals surface area contributed by atoms with Gasteiger partial charge in [-0.2, -0.15) is 5.26 Å². The second-order valence-electron chi connectivity index (χ2n) is 4.51. The highest BCUT2D eigenvalue weighted by molar-refractivity contribution is 6.31. The molecule has 1 N–H and O–H groups in total. The van der Waals surface area contributed by atoms with Gasteiger partial charge in [0.25, 0.3) is 0 Å². The zero-order chi connectivity index (χ0) is 13.9. The average molecular weight is 286 g/mol. The van der Waals surface area contributed by atoms with Gasteiger partial charge < -0.3 is 10.1 Å². The minimum Gasteiger partial charge on any atom is -0.382 e. The number of pyridine rings is 1. The van der Waals surface area contributed by atoms with E-state index >= 15 is 0 Å². The van der Waals surface area contributed by atoms with Gasteiger partial charge in [-0.05, 0) is 18.2 Å². The van der Waals surface area contributed by atoms with Gasteiger partial charge in [0, 0.05) is 29.6 Å². The van der Waals surface area contributed by atoms with Crippen LogP contribution in [0.15, 0.2) is 30.5 Å². The number of halogens is 1. The number of nitriles is 1. The van der Waals surface area contributed by atoms with Crippen molar-refractivity contribution in [1.82, 2.24) is 4.98 Å². The van der Waals surface area contributed by atoms with E-state index in [1.807, 2.05) is 18.2 Å². The molecule has 0 fully saturated rings. The highest BCUT2D eigenvalue weighted by Crippen LogP contribution is 2.27. The Balaban J connectivity index is 2.03. The largest absolute Gasteiger partial charge is 0.382 e. The van der Waals surface area contributed by atoms with Crippen LogP contribution in [0.25, 0.3) is 11.3 Å². The molecule has 0 amide bonds. The SMILES string of the molecule is N#Cc1cc(-c2ccc3c(c2)COCCN3)ncc1Cl. The van der Waals surface area contributed by atoms with Crippen molar-refractivity contribution >= 4 is 17.3 Å². The molecule has 1 aliphatic rings. The fourth-order valence-corrected chi connectivity index (χ4v) is 2.31. The molecular formula is C15H12ClN3O. The number of aromatic nitrogens is 1. The van der Waals surface area contributed by atoms with Crippen LogP contribution in [0.5, 0.6) is 0 Å². The van der Waals surface area contributed by atoms with Crippen molar-refractivity contribution in [1.29, 1.82) is 5.26 Å². The van der Waals surface area contributed by atoms with Crippen LogP contribution in [0, 0.1) is 11.3 Å². The molecular weight excluding hydrogens is 274 g/mol. The number of nitrogens with one attached hydrogen (secondary N) is 1. The first-order valence-corrected chi connectivity index (χ1v) is 6.66. The number of hydrogen-bond donors (Lipinski definition) is 1. The first kappa shape index (κ1) is 12.9. The lowest BCUT2D eigenvalue weighted by molar-refractivity contribution is 0.135. The molecule has 0 aliphatic carbocycles. The van der Waals surface area contributed by atoms with Gasteiger partial charge in [-0.15, -0.1) is 0 Å². The molecule has 1 aromatic heterocycles. The van der Waals surface area contributed by atoms with Crippen LogP contribution in [-0.2, 0) is 11.3 Å². The van der Waals surface area contributed by atoms with Crippen LogP contribution in [0.1, 0.15) is 11.1 Å². The minimum absolute atomic E-state index is 0.371. The highest BCUT2D eigenvalue weighted by Gasteiger charge is 2.10. The number of benzene rings is 1. The van der Waals surface area contributed by atoms with Gasteiger partial charge in [-0.1, -0.05) is 17.7 Å². The summed E-state index contributed by atoms with van der Waals surface area (Å²) in [4.78, 5) is 4.29. The van der Waals surface area contributed by atoms with E-state index in [0.29, 0.717) is 23.8 Å². The average Bonchev–Trinajstić information content (AvgIpc) is 2.72. The monoisotopic (exact) mass is 285 g/mol. The van der Waals surface area contributed by atoms with Crippen LogP contribution in [0.4, 0.5) is 5.69 Å². The molecule has 20 heavy (non-hydrogen) atoms. The van der Waals surface area contributed by atoms with Crippen LogP contribution in [0.2, 0.25) is 5.02 Å². The van der Waals surface area contributed by atoms with Crippen molar-refractivity contribution in [2.24, 2.45) is 0 Å². The second-order valence-corrected chi connectivity index (χ2v) is 4.92. The van der Waals surface area contributed by atoms with Crippen LogP contribution >= 0.6 is 11.6 Å². The van der Waals surface area contributed by atoms with E-state index in [1.165, 1.54) is 6.20 Å². The van der Waals surface area contributed by atoms with E-state index in [-0.39, 0.29) is 0 Å². The molecule has 0 saturated carbocycles. The summed E-state index contributed by atoms with van der Waals surface area (Å²) in [6.07, 6.45) is 1.51. The third-order valence-electron chi connectivity index (χ3n) is 3.20. The smallest absolute Gasteiger partial charge is 0.101 e. The molecule has 1 aromatic carbocycles. The van der Waals surface area contributed by atoms with Crippen LogP contribution in [0.3, 0.4) is 0 Å². The molecule has 5 heteroatoms. The predicted molar refractivity (Wildman–Crippen MR) is 77.5 cm³/mol. The molecule has 0 radical (unpaired) electrons. The van der Waals surface area contributed by atoms with E-state index in [9.17, 15) is 0 Å². The summed E-state index contributed by atoms with van der Waals surface area (Å²) >= 11 is 5.91. The molecule has 100 valence electrons. The normalized spacial score (nSPS) is 13.8. The summed E-state index contributed by atoms with van der Waals surface area (Å²) in [7, 11) is 0.